The lowest BCUT2D eigenvalue weighted by Crippen LogP contribution is -2.40. The number of amides is 2. The first-order chi connectivity index (χ1) is 9.08. The van der Waals surface area contributed by atoms with E-state index in [2.05, 4.69) is 10.6 Å². The summed E-state index contributed by atoms with van der Waals surface area (Å²) in [5, 5.41) is 5.64. The Hall–Kier alpha value is -1.84. The fourth-order valence-corrected chi connectivity index (χ4v) is 1.98. The van der Waals surface area contributed by atoms with E-state index >= 15 is 0 Å². The Morgan fingerprint density at radius 3 is 2.32 bits per heavy atom. The largest absolute Gasteiger partial charge is 0.355 e. The van der Waals surface area contributed by atoms with Crippen molar-refractivity contribution in [2.24, 2.45) is 5.41 Å². The maximum Gasteiger partial charge on any atom is 0.240 e. The second-order valence-corrected chi connectivity index (χ2v) is 5.16. The van der Waals surface area contributed by atoms with Crippen LogP contribution in [0.3, 0.4) is 0 Å². The van der Waals surface area contributed by atoms with Crippen molar-refractivity contribution in [2.45, 2.75) is 33.1 Å². The molecule has 2 rings (SSSR count). The Morgan fingerprint density at radius 1 is 1.16 bits per heavy atom. The predicted molar refractivity (Wildman–Crippen MR) is 74.8 cm³/mol. The van der Waals surface area contributed by atoms with Crippen molar-refractivity contribution in [2.75, 3.05) is 11.9 Å². The van der Waals surface area contributed by atoms with Gasteiger partial charge in [0.05, 0.1) is 0 Å². The number of hydrogen-bond acceptors (Lipinski definition) is 2. The lowest BCUT2D eigenvalue weighted by Gasteiger charge is -2.15. The van der Waals surface area contributed by atoms with Gasteiger partial charge >= 0.3 is 0 Å². The van der Waals surface area contributed by atoms with Crippen LogP contribution in [-0.2, 0) is 9.59 Å². The first kappa shape index (κ1) is 13.6. The van der Waals surface area contributed by atoms with E-state index in [0.717, 1.165) is 17.7 Å². The highest BCUT2D eigenvalue weighted by molar-refractivity contribution is 6.13. The number of aryl methyl sites for hydroxylation is 1. The number of benzene rings is 1. The number of anilines is 1. The lowest BCUT2D eigenvalue weighted by atomic mass is 10.0. The van der Waals surface area contributed by atoms with Crippen LogP contribution in [0.2, 0.25) is 0 Å². The smallest absolute Gasteiger partial charge is 0.240 e. The predicted octanol–water partition coefficient (Wildman–Crippen LogP) is 2.24. The number of nitrogens with one attached hydrogen (secondary N) is 2. The fourth-order valence-electron chi connectivity index (χ4n) is 1.98. The van der Waals surface area contributed by atoms with Crippen LogP contribution in [0, 0.1) is 12.3 Å². The second-order valence-electron chi connectivity index (χ2n) is 5.16. The molecule has 4 heteroatoms. The highest BCUT2D eigenvalue weighted by atomic mass is 16.2. The number of hydrogen-bond donors (Lipinski definition) is 2. The Kier molecular flexibility index (Phi) is 3.88. The van der Waals surface area contributed by atoms with Crippen molar-refractivity contribution < 1.29 is 9.59 Å². The number of carbonyl (C=O) groups is 2. The quantitative estimate of drug-likeness (QED) is 0.798. The van der Waals surface area contributed by atoms with Crippen molar-refractivity contribution in [3.63, 3.8) is 0 Å². The molecule has 1 fully saturated rings. The van der Waals surface area contributed by atoms with Crippen molar-refractivity contribution in [3.05, 3.63) is 29.8 Å². The molecule has 19 heavy (non-hydrogen) atoms. The van der Waals surface area contributed by atoms with Gasteiger partial charge in [-0.25, -0.2) is 0 Å². The molecular formula is C15H20N2O2. The van der Waals surface area contributed by atoms with Gasteiger partial charge in [0.1, 0.15) is 5.41 Å². The summed E-state index contributed by atoms with van der Waals surface area (Å²) in [6, 6.07) is 7.58. The molecule has 2 N–H and O–H groups in total. The van der Waals surface area contributed by atoms with Crippen molar-refractivity contribution in [1.82, 2.24) is 5.32 Å². The number of rotatable bonds is 5. The topological polar surface area (TPSA) is 58.2 Å². The molecule has 0 radical (unpaired) electrons. The fraction of sp³-hybridized carbons (Fsp3) is 0.467. The van der Waals surface area contributed by atoms with Crippen LogP contribution < -0.4 is 10.6 Å². The van der Waals surface area contributed by atoms with E-state index in [1.807, 2.05) is 38.1 Å². The minimum atomic E-state index is -0.833. The van der Waals surface area contributed by atoms with Crippen LogP contribution in [0.5, 0.6) is 0 Å². The van der Waals surface area contributed by atoms with E-state index in [-0.39, 0.29) is 11.8 Å². The SMILES string of the molecule is CCCNC(=O)C1(C(=O)Nc2ccc(C)cc2)CC1. The average Bonchev–Trinajstić information content (AvgIpc) is 3.20. The molecule has 1 aromatic rings. The minimum Gasteiger partial charge on any atom is -0.355 e. The highest BCUT2D eigenvalue weighted by Crippen LogP contribution is 2.46. The van der Waals surface area contributed by atoms with Crippen molar-refractivity contribution in [3.8, 4) is 0 Å². The molecule has 1 saturated carbocycles. The molecular weight excluding hydrogens is 240 g/mol. The molecule has 0 atom stereocenters. The van der Waals surface area contributed by atoms with Gasteiger partial charge in [-0.3, -0.25) is 9.59 Å². The van der Waals surface area contributed by atoms with Crippen LogP contribution >= 0.6 is 0 Å². The van der Waals surface area contributed by atoms with Gasteiger partial charge in [0.25, 0.3) is 0 Å². The standard InChI is InChI=1S/C15H20N2O2/c1-3-10-16-13(18)15(8-9-15)14(19)17-12-6-4-11(2)5-7-12/h4-7H,3,8-10H2,1-2H3,(H,16,18)(H,17,19). The maximum atomic E-state index is 12.2. The Labute approximate surface area is 113 Å². The van der Waals surface area contributed by atoms with Gasteiger partial charge in [-0.15, -0.1) is 0 Å². The molecule has 102 valence electrons. The molecule has 4 nitrogen and oxygen atoms in total. The van der Waals surface area contributed by atoms with Gasteiger partial charge in [0.2, 0.25) is 11.8 Å². The first-order valence-corrected chi connectivity index (χ1v) is 6.75. The Morgan fingerprint density at radius 2 is 1.79 bits per heavy atom. The highest BCUT2D eigenvalue weighted by Gasteiger charge is 2.56. The summed E-state index contributed by atoms with van der Waals surface area (Å²) in [4.78, 5) is 24.2. The van der Waals surface area contributed by atoms with Crippen molar-refractivity contribution >= 4 is 17.5 Å². The summed E-state index contributed by atoms with van der Waals surface area (Å²) in [6.07, 6.45) is 2.15. The average molecular weight is 260 g/mol. The van der Waals surface area contributed by atoms with E-state index in [1.165, 1.54) is 0 Å². The van der Waals surface area contributed by atoms with E-state index in [9.17, 15) is 9.59 Å². The molecule has 0 aromatic heterocycles. The molecule has 1 aliphatic rings. The van der Waals surface area contributed by atoms with Gasteiger partial charge in [-0.2, -0.15) is 0 Å². The molecule has 0 bridgehead atoms. The summed E-state index contributed by atoms with van der Waals surface area (Å²) >= 11 is 0. The molecule has 1 aliphatic carbocycles. The molecule has 1 aromatic carbocycles. The van der Waals surface area contributed by atoms with E-state index < -0.39 is 5.41 Å². The maximum absolute atomic E-state index is 12.2. The third kappa shape index (κ3) is 2.95. The summed E-state index contributed by atoms with van der Waals surface area (Å²) in [6.45, 7) is 4.61. The first-order valence-electron chi connectivity index (χ1n) is 6.75. The summed E-state index contributed by atoms with van der Waals surface area (Å²) in [5.74, 6) is -0.330. The lowest BCUT2D eigenvalue weighted by molar-refractivity contribution is -0.134. The Bertz CT molecular complexity index is 475. The zero-order valence-electron chi connectivity index (χ0n) is 11.5. The van der Waals surface area contributed by atoms with Crippen LogP contribution in [0.15, 0.2) is 24.3 Å². The molecule has 0 saturated heterocycles. The zero-order chi connectivity index (χ0) is 13.9. The van der Waals surface area contributed by atoms with Gasteiger partial charge in [-0.05, 0) is 38.3 Å². The van der Waals surface area contributed by atoms with E-state index in [0.29, 0.717) is 19.4 Å². The Balaban J connectivity index is 1.99. The molecule has 0 aliphatic heterocycles. The van der Waals surface area contributed by atoms with Crippen LogP contribution in [-0.4, -0.2) is 18.4 Å². The second kappa shape index (κ2) is 5.43. The zero-order valence-corrected chi connectivity index (χ0v) is 11.5. The third-order valence-corrected chi connectivity index (χ3v) is 3.46. The monoisotopic (exact) mass is 260 g/mol. The van der Waals surface area contributed by atoms with Crippen LogP contribution in [0.4, 0.5) is 5.69 Å². The molecule has 2 amide bonds. The summed E-state index contributed by atoms with van der Waals surface area (Å²) in [5.41, 5.74) is 1.05. The van der Waals surface area contributed by atoms with E-state index in [4.69, 9.17) is 0 Å². The minimum absolute atomic E-state index is 0.140. The molecule has 0 spiro atoms. The summed E-state index contributed by atoms with van der Waals surface area (Å²) < 4.78 is 0. The van der Waals surface area contributed by atoms with Gasteiger partial charge in [-0.1, -0.05) is 24.6 Å². The van der Waals surface area contributed by atoms with Gasteiger partial charge in [0, 0.05) is 12.2 Å². The normalized spacial score (nSPS) is 15.7. The van der Waals surface area contributed by atoms with Crippen molar-refractivity contribution in [1.29, 1.82) is 0 Å². The summed E-state index contributed by atoms with van der Waals surface area (Å²) in [7, 11) is 0. The molecule has 0 unspecified atom stereocenters. The van der Waals surface area contributed by atoms with Gasteiger partial charge < -0.3 is 10.6 Å². The van der Waals surface area contributed by atoms with Crippen LogP contribution in [0.1, 0.15) is 31.7 Å². The third-order valence-electron chi connectivity index (χ3n) is 3.46. The number of carbonyl (C=O) groups excluding carboxylic acids is 2. The van der Waals surface area contributed by atoms with Crippen LogP contribution in [0.25, 0.3) is 0 Å². The molecule has 0 heterocycles. The van der Waals surface area contributed by atoms with Gasteiger partial charge in [0.15, 0.2) is 0 Å². The van der Waals surface area contributed by atoms with E-state index in [1.54, 1.807) is 0 Å².